The van der Waals surface area contributed by atoms with Crippen molar-refractivity contribution in [1.82, 2.24) is 39.9 Å². The molecule has 4 unspecified atom stereocenters. The maximum atomic E-state index is 14.2. The summed E-state index contributed by atoms with van der Waals surface area (Å²) in [7, 11) is 0. The quantitative estimate of drug-likeness (QED) is 0.115. The lowest BCUT2D eigenvalue weighted by molar-refractivity contribution is 0.0928. The van der Waals surface area contributed by atoms with Crippen molar-refractivity contribution in [3.63, 3.8) is 0 Å². The molecule has 4 bridgehead atoms. The number of furan rings is 2. The predicted octanol–water partition coefficient (Wildman–Crippen LogP) is 13.6. The number of halogens is 2. The molecule has 0 radical (unpaired) electrons. The molecule has 6 saturated carbocycles. The number of aromatic amines is 2. The predicted molar refractivity (Wildman–Crippen MR) is 269 cm³/mol. The van der Waals surface area contributed by atoms with Crippen LogP contribution in [-0.2, 0) is 0 Å². The minimum absolute atomic E-state index is 0.372. The molecule has 8 aromatic heterocycles. The van der Waals surface area contributed by atoms with Gasteiger partial charge in [-0.15, -0.1) is 0 Å². The normalized spacial score (nSPS) is 23.8. The van der Waals surface area contributed by atoms with Crippen LogP contribution >= 0.6 is 0 Å². The smallest absolute Gasteiger partial charge is 0.164 e. The minimum atomic E-state index is -0.392. The molecule has 0 spiro atoms. The number of hydrogen-bond acceptors (Lipinski definition) is 10. The van der Waals surface area contributed by atoms with E-state index in [1.165, 1.54) is 75.9 Å². The van der Waals surface area contributed by atoms with Gasteiger partial charge in [-0.05, 0) is 117 Å². The maximum Gasteiger partial charge on any atom is 0.164 e. The van der Waals surface area contributed by atoms with Gasteiger partial charge in [0.2, 0.25) is 0 Å². The van der Waals surface area contributed by atoms with Gasteiger partial charge in [-0.25, -0.2) is 38.7 Å². The van der Waals surface area contributed by atoms with Crippen LogP contribution in [0.2, 0.25) is 0 Å². The molecule has 352 valence electrons. The average molecular weight is 935 g/mol. The third-order valence-electron chi connectivity index (χ3n) is 16.3. The van der Waals surface area contributed by atoms with Gasteiger partial charge in [0.15, 0.2) is 11.6 Å². The second-order valence-corrected chi connectivity index (χ2v) is 20.1. The summed E-state index contributed by atoms with van der Waals surface area (Å²) >= 11 is 0. The van der Waals surface area contributed by atoms with Crippen molar-refractivity contribution in [3.05, 3.63) is 122 Å². The number of aromatic nitrogens is 8. The number of benzene rings is 2. The molecule has 4 atom stereocenters. The van der Waals surface area contributed by atoms with Gasteiger partial charge >= 0.3 is 0 Å². The summed E-state index contributed by atoms with van der Waals surface area (Å²) in [5.41, 5.74) is 7.63. The van der Waals surface area contributed by atoms with Gasteiger partial charge in [-0.2, -0.15) is 0 Å². The highest BCUT2D eigenvalue weighted by atomic mass is 19.1. The van der Waals surface area contributed by atoms with Crippen LogP contribution in [0.4, 0.5) is 20.4 Å². The minimum Gasteiger partial charge on any atom is -0.472 e. The summed E-state index contributed by atoms with van der Waals surface area (Å²) in [6.45, 7) is 4.74. The zero-order valence-electron chi connectivity index (χ0n) is 38.9. The van der Waals surface area contributed by atoms with E-state index >= 15 is 0 Å². The first-order valence-electron chi connectivity index (χ1n) is 24.8. The zero-order valence-corrected chi connectivity index (χ0v) is 38.9. The van der Waals surface area contributed by atoms with Crippen molar-refractivity contribution >= 4 is 55.6 Å². The number of fused-ring (bicyclic) bond motifs is 11. The highest BCUT2D eigenvalue weighted by Gasteiger charge is 2.42. The highest BCUT2D eigenvalue weighted by Crippen LogP contribution is 2.48. The Labute approximate surface area is 402 Å². The van der Waals surface area contributed by atoms with Crippen LogP contribution in [0, 0.1) is 47.1 Å². The molecular formula is C56H52F2N10O2. The van der Waals surface area contributed by atoms with Gasteiger partial charge < -0.3 is 29.4 Å². The molecule has 16 rings (SSSR count). The van der Waals surface area contributed by atoms with Crippen molar-refractivity contribution in [2.24, 2.45) is 35.5 Å². The monoisotopic (exact) mass is 934 g/mol. The maximum absolute atomic E-state index is 14.2. The molecule has 4 N–H and O–H groups in total. The van der Waals surface area contributed by atoms with E-state index in [4.69, 9.17) is 28.8 Å². The van der Waals surface area contributed by atoms with Crippen molar-refractivity contribution in [2.75, 3.05) is 10.6 Å². The summed E-state index contributed by atoms with van der Waals surface area (Å²) in [4.78, 5) is 34.2. The SMILES string of the molecule is CC1C2CCC(CC2)C1Nc1cc(-c2cccc3c2oc2ccccc23)nc(-c2c[nH]c3ncc(F)cc23)n1.CC1C2CCC(CC2)C1Nc1cc(-c2ccoc2)nc(-c2c[nH]c3ncc(F)cc23)n1. The molecule has 70 heavy (non-hydrogen) atoms. The van der Waals surface area contributed by atoms with Crippen LogP contribution in [0.3, 0.4) is 0 Å². The van der Waals surface area contributed by atoms with Gasteiger partial charge in [-0.1, -0.05) is 44.2 Å². The number of pyridine rings is 2. The number of H-pyrrole nitrogens is 2. The van der Waals surface area contributed by atoms with E-state index in [2.05, 4.69) is 56.5 Å². The van der Waals surface area contributed by atoms with Crippen molar-refractivity contribution in [1.29, 1.82) is 0 Å². The summed E-state index contributed by atoms with van der Waals surface area (Å²) in [6.07, 6.45) is 19.8. The van der Waals surface area contributed by atoms with Gasteiger partial charge in [0.1, 0.15) is 45.7 Å². The van der Waals surface area contributed by atoms with Crippen LogP contribution < -0.4 is 10.6 Å². The van der Waals surface area contributed by atoms with Gasteiger partial charge in [0.05, 0.1) is 36.3 Å². The lowest BCUT2D eigenvalue weighted by Crippen LogP contribution is -2.47. The molecule has 14 heteroatoms. The molecule has 2 aromatic carbocycles. The third kappa shape index (κ3) is 7.55. The van der Waals surface area contributed by atoms with Crippen molar-refractivity contribution in [3.8, 4) is 45.3 Å². The Morgan fingerprint density at radius 2 is 1.10 bits per heavy atom. The Bertz CT molecular complexity index is 3550. The van der Waals surface area contributed by atoms with Gasteiger partial charge in [-0.3, -0.25) is 0 Å². The van der Waals surface area contributed by atoms with E-state index < -0.39 is 5.82 Å². The average Bonchev–Trinajstić information content (AvgIpc) is 4.23. The Kier molecular flexibility index (Phi) is 10.5. The summed E-state index contributed by atoms with van der Waals surface area (Å²) in [6, 6.07) is 23.9. The first-order chi connectivity index (χ1) is 34.3. The molecular weight excluding hydrogens is 883 g/mol. The molecule has 6 aliphatic rings. The number of anilines is 2. The van der Waals surface area contributed by atoms with Gasteiger partial charge in [0.25, 0.3) is 0 Å². The molecule has 6 fully saturated rings. The topological polar surface area (TPSA) is 159 Å². The fourth-order valence-corrected chi connectivity index (χ4v) is 12.6. The number of nitrogens with one attached hydrogen (secondary N) is 4. The van der Waals surface area contributed by atoms with Crippen LogP contribution in [0.15, 0.2) is 119 Å². The van der Waals surface area contributed by atoms with E-state index in [1.807, 2.05) is 54.7 Å². The first-order valence-corrected chi connectivity index (χ1v) is 24.8. The Hall–Kier alpha value is -7.48. The largest absolute Gasteiger partial charge is 0.472 e. The fourth-order valence-electron chi connectivity index (χ4n) is 12.6. The van der Waals surface area contributed by atoms with Gasteiger partial charge in [0, 0.05) is 80.4 Å². The number of rotatable bonds is 8. The molecule has 8 heterocycles. The summed E-state index contributed by atoms with van der Waals surface area (Å²) in [5.74, 6) is 5.96. The van der Waals surface area contributed by atoms with E-state index in [1.54, 1.807) is 18.7 Å². The van der Waals surface area contributed by atoms with E-state index in [-0.39, 0.29) is 5.82 Å². The van der Waals surface area contributed by atoms with Crippen molar-refractivity contribution in [2.45, 2.75) is 77.3 Å². The van der Waals surface area contributed by atoms with Crippen LogP contribution in [0.1, 0.15) is 65.2 Å². The molecule has 12 nitrogen and oxygen atoms in total. The highest BCUT2D eigenvalue weighted by molar-refractivity contribution is 6.09. The zero-order chi connectivity index (χ0) is 47.0. The lowest BCUT2D eigenvalue weighted by atomic mass is 9.62. The standard InChI is InChI=1S/C32H28FN5O.C24H24FN5O/c1-17-18-9-11-19(12-10-18)29(17)37-28-14-26(23-7-4-6-22-21-5-2-3-8-27(21)39-30(22)23)36-32(38-28)25-16-35-31-24(25)13-20(33)15-34-31;1-13-14-2-4-15(5-3-14)22(13)29-21-9-20(16-6-7-31-12-16)28-24(30-21)19-11-27-23-18(19)8-17(25)10-26-23/h2-8,13-19,29H,9-12H2,1H3,(H,34,35)(H,36,37,38);6-15,22H,2-5H2,1H3,(H,26,27)(H,28,29,30). The molecule has 0 aliphatic heterocycles. The Balaban J connectivity index is 0.000000141. The number of para-hydroxylation sites is 2. The molecule has 10 aromatic rings. The van der Waals surface area contributed by atoms with Crippen LogP contribution in [0.5, 0.6) is 0 Å². The fraction of sp³-hybridized carbons (Fsp3) is 0.321. The molecule has 6 aliphatic carbocycles. The first kappa shape index (κ1) is 42.6. The lowest BCUT2D eigenvalue weighted by Gasteiger charge is -2.47. The molecule has 0 saturated heterocycles. The summed E-state index contributed by atoms with van der Waals surface area (Å²) in [5, 5.41) is 11.0. The van der Waals surface area contributed by atoms with Crippen LogP contribution in [0.25, 0.3) is 89.3 Å². The number of nitrogens with zero attached hydrogens (tertiary/aromatic N) is 6. The van der Waals surface area contributed by atoms with E-state index in [0.29, 0.717) is 69.5 Å². The van der Waals surface area contributed by atoms with Crippen molar-refractivity contribution < 1.29 is 17.6 Å². The van der Waals surface area contributed by atoms with E-state index in [0.717, 1.165) is 79.1 Å². The van der Waals surface area contributed by atoms with Crippen LogP contribution in [-0.4, -0.2) is 52.0 Å². The second kappa shape index (κ2) is 17.2. The Morgan fingerprint density at radius 1 is 0.557 bits per heavy atom. The molecule has 0 amide bonds. The third-order valence-corrected chi connectivity index (χ3v) is 16.3. The Morgan fingerprint density at radius 3 is 1.67 bits per heavy atom. The summed E-state index contributed by atoms with van der Waals surface area (Å²) < 4.78 is 39.7. The van der Waals surface area contributed by atoms with E-state index in [9.17, 15) is 8.78 Å². The second-order valence-electron chi connectivity index (χ2n) is 20.1. The number of hydrogen-bond donors (Lipinski definition) is 4.